The van der Waals surface area contributed by atoms with E-state index < -0.39 is 0 Å². The molecular weight excluding hydrogens is 226 g/mol. The van der Waals surface area contributed by atoms with Crippen molar-refractivity contribution in [2.24, 2.45) is 0 Å². The summed E-state index contributed by atoms with van der Waals surface area (Å²) in [6.45, 7) is 2.07. The number of nitrogens with one attached hydrogen (secondary N) is 1. The summed E-state index contributed by atoms with van der Waals surface area (Å²) < 4.78 is 1.75. The van der Waals surface area contributed by atoms with Crippen LogP contribution in [0.4, 0.5) is 5.95 Å². The van der Waals surface area contributed by atoms with Crippen molar-refractivity contribution < 1.29 is 0 Å². The van der Waals surface area contributed by atoms with Crippen LogP contribution in [0.15, 0.2) is 48.9 Å². The monoisotopic (exact) mass is 239 g/mol. The van der Waals surface area contributed by atoms with Gasteiger partial charge in [0.2, 0.25) is 5.95 Å². The predicted molar refractivity (Wildman–Crippen MR) is 69.3 cm³/mol. The summed E-state index contributed by atoms with van der Waals surface area (Å²) in [6.07, 6.45) is 5.44. The van der Waals surface area contributed by atoms with Crippen LogP contribution in [0.5, 0.6) is 0 Å². The molecule has 3 aromatic heterocycles. The van der Waals surface area contributed by atoms with E-state index in [9.17, 15) is 0 Å². The highest BCUT2D eigenvalue weighted by Gasteiger charge is 2.08. The smallest absolute Gasteiger partial charge is 0.243 e. The van der Waals surface area contributed by atoms with Crippen LogP contribution in [0.1, 0.15) is 18.5 Å². The Kier molecular flexibility index (Phi) is 2.64. The molecule has 0 aliphatic carbocycles. The zero-order valence-electron chi connectivity index (χ0n) is 9.99. The molecule has 1 unspecified atom stereocenters. The van der Waals surface area contributed by atoms with Crippen LogP contribution >= 0.6 is 0 Å². The molecule has 1 N–H and O–H groups in total. The highest BCUT2D eigenvalue weighted by molar-refractivity contribution is 5.43. The molecule has 0 radical (unpaired) electrons. The molecule has 3 heterocycles. The van der Waals surface area contributed by atoms with Gasteiger partial charge in [0.15, 0.2) is 5.65 Å². The Hall–Kier alpha value is -2.43. The lowest BCUT2D eigenvalue weighted by atomic mass is 10.1. The molecule has 0 aromatic carbocycles. The lowest BCUT2D eigenvalue weighted by Crippen LogP contribution is -2.07. The van der Waals surface area contributed by atoms with E-state index >= 15 is 0 Å². The lowest BCUT2D eigenvalue weighted by Gasteiger charge is -2.11. The number of nitrogens with zero attached hydrogens (tertiary/aromatic N) is 4. The molecule has 0 spiro atoms. The summed E-state index contributed by atoms with van der Waals surface area (Å²) in [6, 6.07) is 9.90. The first-order chi connectivity index (χ1) is 8.83. The van der Waals surface area contributed by atoms with Gasteiger partial charge in [0.1, 0.15) is 0 Å². The summed E-state index contributed by atoms with van der Waals surface area (Å²) in [4.78, 5) is 8.41. The van der Waals surface area contributed by atoms with Crippen molar-refractivity contribution >= 4 is 11.6 Å². The van der Waals surface area contributed by atoms with Gasteiger partial charge in [-0.3, -0.25) is 4.98 Å². The van der Waals surface area contributed by atoms with Gasteiger partial charge in [-0.05, 0) is 36.8 Å². The number of rotatable bonds is 3. The highest BCUT2D eigenvalue weighted by atomic mass is 15.3. The molecule has 0 aliphatic heterocycles. The molecule has 90 valence electrons. The lowest BCUT2D eigenvalue weighted by molar-refractivity contribution is 0.850. The average molecular weight is 239 g/mol. The van der Waals surface area contributed by atoms with Crippen LogP contribution in [0.25, 0.3) is 5.65 Å². The fourth-order valence-corrected chi connectivity index (χ4v) is 1.82. The second kappa shape index (κ2) is 4.44. The minimum absolute atomic E-state index is 0.144. The first-order valence-electron chi connectivity index (χ1n) is 5.81. The summed E-state index contributed by atoms with van der Waals surface area (Å²) >= 11 is 0. The molecule has 0 saturated carbocycles. The van der Waals surface area contributed by atoms with Crippen molar-refractivity contribution in [3.63, 3.8) is 0 Å². The van der Waals surface area contributed by atoms with Crippen LogP contribution in [0.3, 0.4) is 0 Å². The molecule has 0 bridgehead atoms. The predicted octanol–water partition coefficient (Wildman–Crippen LogP) is 2.30. The number of fused-ring (bicyclic) bond motifs is 1. The zero-order valence-corrected chi connectivity index (χ0v) is 9.99. The molecule has 0 aliphatic rings. The van der Waals surface area contributed by atoms with E-state index in [1.54, 1.807) is 16.9 Å². The third kappa shape index (κ3) is 2.02. The van der Waals surface area contributed by atoms with E-state index in [4.69, 9.17) is 0 Å². The first kappa shape index (κ1) is 10.7. The van der Waals surface area contributed by atoms with Crippen LogP contribution in [0, 0.1) is 0 Å². The Bertz CT molecular complexity index is 614. The van der Waals surface area contributed by atoms with Gasteiger partial charge >= 0.3 is 0 Å². The number of anilines is 1. The maximum atomic E-state index is 4.40. The Morgan fingerprint density at radius 3 is 2.78 bits per heavy atom. The van der Waals surface area contributed by atoms with Crippen molar-refractivity contribution in [2.75, 3.05) is 5.32 Å². The minimum Gasteiger partial charge on any atom is -0.346 e. The average Bonchev–Trinajstić information content (AvgIpc) is 2.82. The first-order valence-corrected chi connectivity index (χ1v) is 5.81. The third-order valence-electron chi connectivity index (χ3n) is 2.79. The quantitative estimate of drug-likeness (QED) is 0.762. The van der Waals surface area contributed by atoms with Crippen molar-refractivity contribution in [3.05, 3.63) is 54.5 Å². The second-order valence-corrected chi connectivity index (χ2v) is 4.09. The highest BCUT2D eigenvalue weighted by Crippen LogP contribution is 2.16. The standard InChI is InChI=1S/C13H13N5/c1-10(11-5-7-14-8-6-11)15-13-16-12-4-2-3-9-18(12)17-13/h2-10H,1H3,(H,15,17). The van der Waals surface area contributed by atoms with Gasteiger partial charge in [-0.15, -0.1) is 5.10 Å². The van der Waals surface area contributed by atoms with E-state index in [1.165, 1.54) is 0 Å². The van der Waals surface area contributed by atoms with Crippen molar-refractivity contribution in [1.82, 2.24) is 19.6 Å². The number of aromatic nitrogens is 4. The molecule has 0 saturated heterocycles. The third-order valence-corrected chi connectivity index (χ3v) is 2.79. The molecule has 5 heteroatoms. The normalized spacial score (nSPS) is 12.5. The fourth-order valence-electron chi connectivity index (χ4n) is 1.82. The van der Waals surface area contributed by atoms with Crippen LogP contribution in [-0.4, -0.2) is 19.6 Å². The molecule has 3 rings (SSSR count). The molecule has 5 nitrogen and oxygen atoms in total. The van der Waals surface area contributed by atoms with E-state index in [2.05, 4.69) is 27.3 Å². The second-order valence-electron chi connectivity index (χ2n) is 4.09. The van der Waals surface area contributed by atoms with Gasteiger partial charge in [-0.25, -0.2) is 4.52 Å². The number of hydrogen-bond acceptors (Lipinski definition) is 4. The minimum atomic E-state index is 0.144. The number of hydrogen-bond donors (Lipinski definition) is 1. The molecule has 0 fully saturated rings. The van der Waals surface area contributed by atoms with Gasteiger partial charge in [-0.2, -0.15) is 4.98 Å². The summed E-state index contributed by atoms with van der Waals surface area (Å²) in [5, 5.41) is 7.63. The van der Waals surface area contributed by atoms with Crippen LogP contribution in [-0.2, 0) is 0 Å². The Labute approximate surface area is 105 Å². The van der Waals surface area contributed by atoms with Crippen LogP contribution in [0.2, 0.25) is 0 Å². The van der Waals surface area contributed by atoms with Gasteiger partial charge in [0.25, 0.3) is 0 Å². The SMILES string of the molecule is CC(Nc1nc2ccccn2n1)c1ccncc1. The van der Waals surface area contributed by atoms with E-state index in [0.717, 1.165) is 11.2 Å². The maximum absolute atomic E-state index is 4.40. The van der Waals surface area contributed by atoms with Gasteiger partial charge in [0, 0.05) is 18.6 Å². The summed E-state index contributed by atoms with van der Waals surface area (Å²) in [5.41, 5.74) is 1.99. The van der Waals surface area contributed by atoms with Gasteiger partial charge in [0.05, 0.1) is 6.04 Å². The maximum Gasteiger partial charge on any atom is 0.243 e. The number of pyridine rings is 2. The van der Waals surface area contributed by atoms with E-state index in [-0.39, 0.29) is 6.04 Å². The topological polar surface area (TPSA) is 55.1 Å². The Morgan fingerprint density at radius 2 is 2.00 bits per heavy atom. The van der Waals surface area contributed by atoms with Crippen LogP contribution < -0.4 is 5.32 Å². The molecule has 1 atom stereocenters. The molecular formula is C13H13N5. The summed E-state index contributed by atoms with van der Waals surface area (Å²) in [7, 11) is 0. The van der Waals surface area contributed by atoms with Crippen molar-refractivity contribution in [2.45, 2.75) is 13.0 Å². The van der Waals surface area contributed by atoms with E-state index in [1.807, 2.05) is 36.5 Å². The fraction of sp³-hybridized carbons (Fsp3) is 0.154. The molecule has 3 aromatic rings. The van der Waals surface area contributed by atoms with Gasteiger partial charge in [-0.1, -0.05) is 6.07 Å². The Morgan fingerprint density at radius 1 is 1.17 bits per heavy atom. The van der Waals surface area contributed by atoms with Crippen molar-refractivity contribution in [3.8, 4) is 0 Å². The molecule has 0 amide bonds. The summed E-state index contributed by atoms with van der Waals surface area (Å²) in [5.74, 6) is 0.630. The van der Waals surface area contributed by atoms with E-state index in [0.29, 0.717) is 5.95 Å². The molecule has 18 heavy (non-hydrogen) atoms. The zero-order chi connectivity index (χ0) is 12.4. The van der Waals surface area contributed by atoms with Crippen molar-refractivity contribution in [1.29, 1.82) is 0 Å². The largest absolute Gasteiger partial charge is 0.346 e. The Balaban J connectivity index is 1.84. The van der Waals surface area contributed by atoms with Gasteiger partial charge < -0.3 is 5.32 Å².